The van der Waals surface area contributed by atoms with Crippen LogP contribution < -0.4 is 10.1 Å². The molecule has 1 amide bonds. The molecule has 1 aliphatic rings. The second kappa shape index (κ2) is 6.26. The van der Waals surface area contributed by atoms with Crippen LogP contribution in [0.15, 0.2) is 18.2 Å². The Morgan fingerprint density at radius 2 is 2.32 bits per heavy atom. The SMILES string of the molecule is CCOc1ccc(NC(=O)C2CCCC2O)cc1Cl. The number of rotatable bonds is 4. The summed E-state index contributed by atoms with van der Waals surface area (Å²) in [5, 5.41) is 12.9. The summed E-state index contributed by atoms with van der Waals surface area (Å²) < 4.78 is 5.33. The summed E-state index contributed by atoms with van der Waals surface area (Å²) in [4.78, 5) is 12.0. The molecular formula is C14H18ClNO3. The summed E-state index contributed by atoms with van der Waals surface area (Å²) in [5.41, 5.74) is 0.623. The summed E-state index contributed by atoms with van der Waals surface area (Å²) in [6.07, 6.45) is 1.79. The van der Waals surface area contributed by atoms with Crippen LogP contribution in [-0.2, 0) is 4.79 Å². The highest BCUT2D eigenvalue weighted by atomic mass is 35.5. The fraction of sp³-hybridized carbons (Fsp3) is 0.500. The van der Waals surface area contributed by atoms with Gasteiger partial charge < -0.3 is 15.2 Å². The van der Waals surface area contributed by atoms with Gasteiger partial charge in [-0.1, -0.05) is 11.6 Å². The second-order valence-corrected chi connectivity index (χ2v) is 5.08. The van der Waals surface area contributed by atoms with E-state index in [1.54, 1.807) is 18.2 Å². The molecule has 5 heteroatoms. The lowest BCUT2D eigenvalue weighted by molar-refractivity contribution is -0.122. The first-order chi connectivity index (χ1) is 9.11. The average Bonchev–Trinajstić information content (AvgIpc) is 2.79. The van der Waals surface area contributed by atoms with Gasteiger partial charge >= 0.3 is 0 Å². The predicted octanol–water partition coefficient (Wildman–Crippen LogP) is 2.84. The summed E-state index contributed by atoms with van der Waals surface area (Å²) in [5.74, 6) is 0.138. The lowest BCUT2D eigenvalue weighted by atomic mass is 10.1. The highest BCUT2D eigenvalue weighted by Crippen LogP contribution is 2.30. The maximum atomic E-state index is 12.0. The molecule has 2 atom stereocenters. The molecule has 0 aromatic heterocycles. The van der Waals surface area contributed by atoms with Gasteiger partial charge in [0.15, 0.2) is 0 Å². The topological polar surface area (TPSA) is 58.6 Å². The largest absolute Gasteiger partial charge is 0.492 e. The zero-order valence-corrected chi connectivity index (χ0v) is 11.6. The van der Waals surface area contributed by atoms with Gasteiger partial charge in [-0.05, 0) is 44.4 Å². The molecule has 2 unspecified atom stereocenters. The Kier molecular flexibility index (Phi) is 4.66. The third kappa shape index (κ3) is 3.39. The zero-order valence-electron chi connectivity index (χ0n) is 10.9. The Bertz CT molecular complexity index is 464. The first kappa shape index (κ1) is 14.2. The molecule has 2 N–H and O–H groups in total. The molecule has 1 fully saturated rings. The summed E-state index contributed by atoms with van der Waals surface area (Å²) in [7, 11) is 0. The maximum absolute atomic E-state index is 12.0. The van der Waals surface area contributed by atoms with Crippen LogP contribution in [0.5, 0.6) is 5.75 Å². The molecule has 0 saturated heterocycles. The molecular weight excluding hydrogens is 266 g/mol. The summed E-state index contributed by atoms with van der Waals surface area (Å²) >= 11 is 6.05. The fourth-order valence-corrected chi connectivity index (χ4v) is 2.57. The molecule has 4 nitrogen and oxygen atoms in total. The number of carbonyl (C=O) groups is 1. The first-order valence-corrected chi connectivity index (χ1v) is 6.91. The van der Waals surface area contributed by atoms with E-state index in [1.165, 1.54) is 0 Å². The highest BCUT2D eigenvalue weighted by molar-refractivity contribution is 6.32. The van der Waals surface area contributed by atoms with Crippen LogP contribution in [0.25, 0.3) is 0 Å². The van der Waals surface area contributed by atoms with Crippen molar-refractivity contribution in [2.24, 2.45) is 5.92 Å². The van der Waals surface area contributed by atoms with Crippen LogP contribution >= 0.6 is 11.6 Å². The van der Waals surface area contributed by atoms with Gasteiger partial charge in [0.05, 0.1) is 23.7 Å². The van der Waals surface area contributed by atoms with E-state index in [4.69, 9.17) is 16.3 Å². The van der Waals surface area contributed by atoms with E-state index in [0.717, 1.165) is 12.8 Å². The molecule has 0 spiro atoms. The van der Waals surface area contributed by atoms with Crippen molar-refractivity contribution in [1.29, 1.82) is 0 Å². The van der Waals surface area contributed by atoms with E-state index in [9.17, 15) is 9.90 Å². The van der Waals surface area contributed by atoms with Gasteiger partial charge in [0, 0.05) is 5.69 Å². The minimum absolute atomic E-state index is 0.148. The van der Waals surface area contributed by atoms with Gasteiger partial charge in [-0.3, -0.25) is 4.79 Å². The Morgan fingerprint density at radius 3 is 2.89 bits per heavy atom. The van der Waals surface area contributed by atoms with Crippen LogP contribution in [0.4, 0.5) is 5.69 Å². The second-order valence-electron chi connectivity index (χ2n) is 4.67. The van der Waals surface area contributed by atoms with Crippen LogP contribution in [0.2, 0.25) is 5.02 Å². The normalized spacial score (nSPS) is 22.3. The molecule has 104 valence electrons. The van der Waals surface area contributed by atoms with Gasteiger partial charge in [0.25, 0.3) is 0 Å². The number of carbonyl (C=O) groups excluding carboxylic acids is 1. The fourth-order valence-electron chi connectivity index (χ4n) is 2.33. The van der Waals surface area contributed by atoms with Crippen LogP contribution in [0.1, 0.15) is 26.2 Å². The smallest absolute Gasteiger partial charge is 0.230 e. The third-order valence-electron chi connectivity index (χ3n) is 3.32. The van der Waals surface area contributed by atoms with E-state index in [-0.39, 0.29) is 11.8 Å². The van der Waals surface area contributed by atoms with E-state index in [0.29, 0.717) is 29.5 Å². The predicted molar refractivity (Wildman–Crippen MR) is 74.6 cm³/mol. The van der Waals surface area contributed by atoms with Crippen LogP contribution in [0.3, 0.4) is 0 Å². The number of amides is 1. The van der Waals surface area contributed by atoms with E-state index < -0.39 is 6.10 Å². The van der Waals surface area contributed by atoms with E-state index in [2.05, 4.69) is 5.32 Å². The molecule has 1 aliphatic carbocycles. The van der Waals surface area contributed by atoms with E-state index >= 15 is 0 Å². The van der Waals surface area contributed by atoms with Crippen molar-refractivity contribution < 1.29 is 14.6 Å². The molecule has 0 bridgehead atoms. The lowest BCUT2D eigenvalue weighted by Crippen LogP contribution is -2.28. The molecule has 0 radical (unpaired) electrons. The molecule has 1 saturated carbocycles. The highest BCUT2D eigenvalue weighted by Gasteiger charge is 2.31. The van der Waals surface area contributed by atoms with Crippen LogP contribution in [-0.4, -0.2) is 23.7 Å². The molecule has 19 heavy (non-hydrogen) atoms. The minimum Gasteiger partial charge on any atom is -0.492 e. The zero-order chi connectivity index (χ0) is 13.8. The number of anilines is 1. The number of nitrogens with one attached hydrogen (secondary N) is 1. The van der Waals surface area contributed by atoms with Gasteiger partial charge in [-0.2, -0.15) is 0 Å². The Labute approximate surface area is 117 Å². The monoisotopic (exact) mass is 283 g/mol. The lowest BCUT2D eigenvalue weighted by Gasteiger charge is -2.15. The number of hydrogen-bond acceptors (Lipinski definition) is 3. The third-order valence-corrected chi connectivity index (χ3v) is 3.61. The van der Waals surface area contributed by atoms with E-state index in [1.807, 2.05) is 6.92 Å². The number of benzene rings is 1. The Balaban J connectivity index is 2.03. The molecule has 1 aromatic rings. The van der Waals surface area contributed by atoms with Crippen molar-refractivity contribution in [1.82, 2.24) is 0 Å². The summed E-state index contributed by atoms with van der Waals surface area (Å²) in [6.45, 7) is 2.42. The van der Waals surface area contributed by atoms with Crippen molar-refractivity contribution in [2.45, 2.75) is 32.3 Å². The minimum atomic E-state index is -0.529. The molecule has 2 rings (SSSR count). The molecule has 1 aromatic carbocycles. The quantitative estimate of drug-likeness (QED) is 0.893. The van der Waals surface area contributed by atoms with Gasteiger partial charge in [0.2, 0.25) is 5.91 Å². The average molecular weight is 284 g/mol. The summed E-state index contributed by atoms with van der Waals surface area (Å²) in [6, 6.07) is 5.13. The molecule has 0 aliphatic heterocycles. The molecule has 0 heterocycles. The van der Waals surface area contributed by atoms with Gasteiger partial charge in [0.1, 0.15) is 5.75 Å². The first-order valence-electron chi connectivity index (χ1n) is 6.53. The Morgan fingerprint density at radius 1 is 1.53 bits per heavy atom. The number of ether oxygens (including phenoxy) is 1. The van der Waals surface area contributed by atoms with Crippen molar-refractivity contribution in [3.63, 3.8) is 0 Å². The van der Waals surface area contributed by atoms with Crippen molar-refractivity contribution in [2.75, 3.05) is 11.9 Å². The van der Waals surface area contributed by atoms with Crippen molar-refractivity contribution in [3.05, 3.63) is 23.2 Å². The van der Waals surface area contributed by atoms with Gasteiger partial charge in [-0.15, -0.1) is 0 Å². The van der Waals surface area contributed by atoms with Gasteiger partial charge in [-0.25, -0.2) is 0 Å². The number of halogens is 1. The maximum Gasteiger partial charge on any atom is 0.230 e. The van der Waals surface area contributed by atoms with Crippen LogP contribution in [0, 0.1) is 5.92 Å². The van der Waals surface area contributed by atoms with Crippen molar-refractivity contribution >= 4 is 23.2 Å². The Hall–Kier alpha value is -1.26. The number of hydrogen-bond donors (Lipinski definition) is 2. The standard InChI is InChI=1S/C14H18ClNO3/c1-2-19-13-7-6-9(8-11(13)15)16-14(18)10-4-3-5-12(10)17/h6-8,10,12,17H,2-5H2,1H3,(H,16,18). The number of aliphatic hydroxyl groups is 1. The van der Waals surface area contributed by atoms with Crippen molar-refractivity contribution in [3.8, 4) is 5.75 Å². The number of aliphatic hydroxyl groups excluding tert-OH is 1.